The molecular weight excluding hydrogens is 360 g/mol. The number of nitrogens with zero attached hydrogens (tertiary/aromatic N) is 5. The molecule has 0 radical (unpaired) electrons. The van der Waals surface area contributed by atoms with Crippen LogP contribution in [0, 0.1) is 0 Å². The minimum absolute atomic E-state index is 0.132. The van der Waals surface area contributed by atoms with E-state index in [2.05, 4.69) is 26.1 Å². The predicted octanol–water partition coefficient (Wildman–Crippen LogP) is 2.56. The second kappa shape index (κ2) is 8.41. The number of rotatable bonds is 6. The number of aromatic nitrogens is 4. The highest BCUT2D eigenvalue weighted by Crippen LogP contribution is 2.17. The molecule has 0 aliphatic carbocycles. The molecule has 0 atom stereocenters. The zero-order valence-electron chi connectivity index (χ0n) is 12.9. The Bertz CT molecular complexity index is 883. The lowest BCUT2D eigenvalue weighted by Gasteiger charge is -2.03. The molecule has 0 spiro atoms. The van der Waals surface area contributed by atoms with Crippen LogP contribution in [0.5, 0.6) is 0 Å². The Labute approximate surface area is 153 Å². The molecule has 0 bridgehead atoms. The van der Waals surface area contributed by atoms with Crippen molar-refractivity contribution >= 4 is 35.5 Å². The van der Waals surface area contributed by atoms with E-state index in [0.29, 0.717) is 10.2 Å². The van der Waals surface area contributed by atoms with Gasteiger partial charge in [0.25, 0.3) is 5.91 Å². The number of carbonyl (C=O) groups excluding carboxylic acids is 1. The third kappa shape index (κ3) is 4.65. The maximum absolute atomic E-state index is 11.9. The van der Waals surface area contributed by atoms with Crippen molar-refractivity contribution in [1.82, 2.24) is 25.6 Å². The minimum Gasteiger partial charge on any atom is -0.272 e. The molecule has 25 heavy (non-hydrogen) atoms. The third-order valence-electron chi connectivity index (χ3n) is 3.07. The summed E-state index contributed by atoms with van der Waals surface area (Å²) < 4.78 is 1.57. The summed E-state index contributed by atoms with van der Waals surface area (Å²) in [5.74, 6) is -0.136. The summed E-state index contributed by atoms with van der Waals surface area (Å²) in [6.07, 6.45) is 1.50. The van der Waals surface area contributed by atoms with E-state index < -0.39 is 0 Å². The number of hydrazone groups is 1. The van der Waals surface area contributed by atoms with Crippen LogP contribution in [0.15, 0.2) is 64.9 Å². The van der Waals surface area contributed by atoms with Gasteiger partial charge >= 0.3 is 0 Å². The third-order valence-corrected chi connectivity index (χ3v) is 4.34. The van der Waals surface area contributed by atoms with E-state index in [4.69, 9.17) is 11.6 Å². The van der Waals surface area contributed by atoms with Crippen LogP contribution in [0.2, 0.25) is 5.02 Å². The SMILES string of the molecule is O=C(CSc1nnnn1-c1ccccc1)N/N=C/c1ccccc1Cl. The van der Waals surface area contributed by atoms with Crippen molar-refractivity contribution in [3.8, 4) is 5.69 Å². The number of hydrogen-bond acceptors (Lipinski definition) is 6. The van der Waals surface area contributed by atoms with Gasteiger partial charge in [0.15, 0.2) is 0 Å². The number of halogens is 1. The number of nitrogens with one attached hydrogen (secondary N) is 1. The van der Waals surface area contributed by atoms with Crippen LogP contribution in [0.1, 0.15) is 5.56 Å². The monoisotopic (exact) mass is 372 g/mol. The summed E-state index contributed by atoms with van der Waals surface area (Å²) >= 11 is 7.23. The lowest BCUT2D eigenvalue weighted by Crippen LogP contribution is -2.20. The summed E-state index contributed by atoms with van der Waals surface area (Å²) in [7, 11) is 0. The highest BCUT2D eigenvalue weighted by Gasteiger charge is 2.10. The molecule has 126 valence electrons. The minimum atomic E-state index is -0.268. The van der Waals surface area contributed by atoms with Crippen molar-refractivity contribution < 1.29 is 4.79 Å². The van der Waals surface area contributed by atoms with Crippen LogP contribution in [0.4, 0.5) is 0 Å². The van der Waals surface area contributed by atoms with Crippen LogP contribution < -0.4 is 5.43 Å². The van der Waals surface area contributed by atoms with Gasteiger partial charge in [0.2, 0.25) is 5.16 Å². The fraction of sp³-hybridized carbons (Fsp3) is 0.0625. The number of hydrogen-bond donors (Lipinski definition) is 1. The molecule has 3 aromatic rings. The van der Waals surface area contributed by atoms with Gasteiger partial charge in [-0.3, -0.25) is 4.79 Å². The highest BCUT2D eigenvalue weighted by atomic mass is 35.5. The first-order valence-corrected chi connectivity index (χ1v) is 8.63. The summed E-state index contributed by atoms with van der Waals surface area (Å²) in [6, 6.07) is 16.7. The topological polar surface area (TPSA) is 85.1 Å². The fourth-order valence-electron chi connectivity index (χ4n) is 1.92. The van der Waals surface area contributed by atoms with E-state index in [1.165, 1.54) is 18.0 Å². The molecule has 0 fully saturated rings. The average Bonchev–Trinajstić information content (AvgIpc) is 3.11. The quantitative estimate of drug-likeness (QED) is 0.408. The number of carbonyl (C=O) groups is 1. The van der Waals surface area contributed by atoms with Gasteiger partial charge in [0.1, 0.15) is 0 Å². The zero-order valence-corrected chi connectivity index (χ0v) is 14.5. The van der Waals surface area contributed by atoms with Gasteiger partial charge in [0, 0.05) is 10.6 Å². The van der Waals surface area contributed by atoms with Crippen LogP contribution in [0.25, 0.3) is 5.69 Å². The van der Waals surface area contributed by atoms with Crippen molar-refractivity contribution in [2.45, 2.75) is 5.16 Å². The molecule has 1 aromatic heterocycles. The average molecular weight is 373 g/mol. The Balaban J connectivity index is 1.55. The van der Waals surface area contributed by atoms with Crippen LogP contribution in [0.3, 0.4) is 0 Å². The first-order valence-electron chi connectivity index (χ1n) is 7.27. The lowest BCUT2D eigenvalue weighted by atomic mass is 10.2. The largest absolute Gasteiger partial charge is 0.272 e. The Morgan fingerprint density at radius 3 is 2.76 bits per heavy atom. The molecule has 0 aliphatic rings. The molecule has 2 aromatic carbocycles. The fourth-order valence-corrected chi connectivity index (χ4v) is 2.78. The molecule has 3 rings (SSSR count). The van der Waals surface area contributed by atoms with Crippen molar-refractivity contribution in [2.24, 2.45) is 5.10 Å². The summed E-state index contributed by atoms with van der Waals surface area (Å²) in [5.41, 5.74) is 4.01. The van der Waals surface area contributed by atoms with Gasteiger partial charge in [-0.2, -0.15) is 9.78 Å². The first kappa shape index (κ1) is 17.1. The Hall–Kier alpha value is -2.71. The number of thioether (sulfide) groups is 1. The number of tetrazole rings is 1. The second-order valence-corrected chi connectivity index (χ2v) is 6.16. The zero-order chi connectivity index (χ0) is 17.5. The Morgan fingerprint density at radius 2 is 1.96 bits per heavy atom. The van der Waals surface area contributed by atoms with Crippen molar-refractivity contribution in [3.05, 3.63) is 65.2 Å². The molecule has 0 unspecified atom stereocenters. The molecule has 1 heterocycles. The van der Waals surface area contributed by atoms with E-state index in [1.807, 2.05) is 42.5 Å². The smallest absolute Gasteiger partial charge is 0.250 e. The van der Waals surface area contributed by atoms with E-state index >= 15 is 0 Å². The lowest BCUT2D eigenvalue weighted by molar-refractivity contribution is -0.118. The van der Waals surface area contributed by atoms with Gasteiger partial charge in [0.05, 0.1) is 17.7 Å². The number of benzene rings is 2. The first-order chi connectivity index (χ1) is 12.2. The summed E-state index contributed by atoms with van der Waals surface area (Å²) in [4.78, 5) is 11.9. The van der Waals surface area contributed by atoms with Crippen molar-refractivity contribution in [2.75, 3.05) is 5.75 Å². The maximum atomic E-state index is 11.9. The van der Waals surface area contributed by atoms with Gasteiger partial charge < -0.3 is 0 Å². The second-order valence-electron chi connectivity index (χ2n) is 4.81. The van der Waals surface area contributed by atoms with Gasteiger partial charge in [-0.15, -0.1) is 5.10 Å². The standard InChI is InChI=1S/C16H13ClN6OS/c17-14-9-5-4-6-12(14)10-18-19-15(24)11-25-16-20-21-22-23(16)13-7-2-1-3-8-13/h1-10H,11H2,(H,19,24)/b18-10+. The molecule has 1 N–H and O–H groups in total. The predicted molar refractivity (Wildman–Crippen MR) is 97.1 cm³/mol. The van der Waals surface area contributed by atoms with Crippen LogP contribution in [-0.4, -0.2) is 38.1 Å². The van der Waals surface area contributed by atoms with E-state index in [-0.39, 0.29) is 11.7 Å². The highest BCUT2D eigenvalue weighted by molar-refractivity contribution is 7.99. The van der Waals surface area contributed by atoms with Crippen molar-refractivity contribution in [1.29, 1.82) is 0 Å². The maximum Gasteiger partial charge on any atom is 0.250 e. The van der Waals surface area contributed by atoms with Gasteiger partial charge in [-0.05, 0) is 28.6 Å². The summed E-state index contributed by atoms with van der Waals surface area (Å²) in [5, 5.41) is 16.5. The normalized spacial score (nSPS) is 10.9. The van der Waals surface area contributed by atoms with E-state index in [1.54, 1.807) is 16.8 Å². The Kier molecular flexibility index (Phi) is 5.76. The van der Waals surface area contributed by atoms with Crippen molar-refractivity contribution in [3.63, 3.8) is 0 Å². The molecule has 9 heteroatoms. The van der Waals surface area contributed by atoms with E-state index in [9.17, 15) is 4.79 Å². The molecular formula is C16H13ClN6OS. The Morgan fingerprint density at radius 1 is 1.20 bits per heavy atom. The molecule has 7 nitrogen and oxygen atoms in total. The number of para-hydroxylation sites is 1. The van der Waals surface area contributed by atoms with E-state index in [0.717, 1.165) is 11.3 Å². The summed E-state index contributed by atoms with van der Waals surface area (Å²) in [6.45, 7) is 0. The molecule has 0 aliphatic heterocycles. The van der Waals surface area contributed by atoms with Gasteiger partial charge in [-0.1, -0.05) is 59.8 Å². The van der Waals surface area contributed by atoms with Gasteiger partial charge in [-0.25, -0.2) is 5.43 Å². The molecule has 1 amide bonds. The molecule has 0 saturated heterocycles. The molecule has 0 saturated carbocycles. The van der Waals surface area contributed by atoms with Crippen LogP contribution in [-0.2, 0) is 4.79 Å². The number of amides is 1. The van der Waals surface area contributed by atoms with Crippen LogP contribution >= 0.6 is 23.4 Å².